The fourth-order valence-corrected chi connectivity index (χ4v) is 3.47. The number of thiazole rings is 1. The summed E-state index contributed by atoms with van der Waals surface area (Å²) in [7, 11) is 0. The number of halogens is 1. The summed E-state index contributed by atoms with van der Waals surface area (Å²) in [6.45, 7) is 2.74. The molecule has 116 valence electrons. The Kier molecular flexibility index (Phi) is 5.15. The van der Waals surface area contributed by atoms with Crippen LogP contribution in [0.15, 0.2) is 68.7 Å². The van der Waals surface area contributed by atoms with Crippen LogP contribution >= 0.6 is 27.3 Å². The van der Waals surface area contributed by atoms with Gasteiger partial charge in [-0.2, -0.15) is 5.10 Å². The Morgan fingerprint density at radius 3 is 2.87 bits per heavy atom. The second-order valence-corrected chi connectivity index (χ2v) is 6.39. The Labute approximate surface area is 147 Å². The number of nitrogens with zero attached hydrogens (tertiary/aromatic N) is 4. The zero-order chi connectivity index (χ0) is 16.1. The topological polar surface area (TPSA) is 42.5 Å². The predicted octanol–water partition coefficient (Wildman–Crippen LogP) is 4.18. The van der Waals surface area contributed by atoms with Crippen LogP contribution in [-0.2, 0) is 0 Å². The van der Waals surface area contributed by atoms with Gasteiger partial charge in [0.1, 0.15) is 0 Å². The van der Waals surface area contributed by atoms with Crippen molar-refractivity contribution in [1.29, 1.82) is 0 Å². The van der Waals surface area contributed by atoms with Crippen molar-refractivity contribution < 1.29 is 0 Å². The van der Waals surface area contributed by atoms with E-state index < -0.39 is 0 Å². The fraction of sp³-hybridized carbons (Fsp3) is 0.118. The molecule has 2 heterocycles. The summed E-state index contributed by atoms with van der Waals surface area (Å²) in [6.07, 6.45) is 5.33. The smallest absolute Gasteiger partial charge is 0.206 e. The Hall–Kier alpha value is -2.05. The lowest BCUT2D eigenvalue weighted by Crippen LogP contribution is -2.12. The quantitative estimate of drug-likeness (QED) is 0.620. The Balaban J connectivity index is 2.11. The average molecular weight is 387 g/mol. The molecule has 0 atom stereocenters. The number of aromatic nitrogens is 2. The molecule has 0 aliphatic carbocycles. The van der Waals surface area contributed by atoms with Crippen molar-refractivity contribution in [2.45, 2.75) is 6.92 Å². The lowest BCUT2D eigenvalue weighted by molar-refractivity contribution is 0.832. The van der Waals surface area contributed by atoms with Crippen LogP contribution in [0.4, 0.5) is 0 Å². The maximum atomic E-state index is 4.62. The molecule has 0 unspecified atom stereocenters. The van der Waals surface area contributed by atoms with E-state index in [1.54, 1.807) is 29.9 Å². The van der Waals surface area contributed by atoms with E-state index in [1.807, 2.05) is 41.9 Å². The molecular formula is C17H15BrN4S. The normalized spacial score (nSPS) is 12.2. The minimum absolute atomic E-state index is 0.721. The van der Waals surface area contributed by atoms with Gasteiger partial charge in [0.25, 0.3) is 0 Å². The highest BCUT2D eigenvalue weighted by molar-refractivity contribution is 9.10. The molecular weight excluding hydrogens is 372 g/mol. The molecule has 0 aliphatic rings. The SMILES string of the molecule is CCN=c1scc(-c2ccccc2Br)n1N=Cc1cccnc1. The monoisotopic (exact) mass is 386 g/mol. The molecule has 3 aromatic rings. The van der Waals surface area contributed by atoms with Crippen molar-refractivity contribution in [2.24, 2.45) is 10.1 Å². The molecule has 0 aliphatic heterocycles. The highest BCUT2D eigenvalue weighted by Crippen LogP contribution is 2.28. The molecule has 0 radical (unpaired) electrons. The zero-order valence-corrected chi connectivity index (χ0v) is 15.0. The molecule has 6 heteroatoms. The molecule has 1 aromatic carbocycles. The van der Waals surface area contributed by atoms with Gasteiger partial charge in [-0.1, -0.05) is 40.2 Å². The van der Waals surface area contributed by atoms with Crippen molar-refractivity contribution in [2.75, 3.05) is 6.54 Å². The van der Waals surface area contributed by atoms with Gasteiger partial charge in [0.05, 0.1) is 11.9 Å². The standard InChI is InChI=1S/C17H15BrN4S/c1-2-20-17-22(21-11-13-6-5-9-19-10-13)16(12-23-17)14-7-3-4-8-15(14)18/h3-12H,2H2,1H3. The van der Waals surface area contributed by atoms with Crippen LogP contribution in [0.2, 0.25) is 0 Å². The summed E-state index contributed by atoms with van der Waals surface area (Å²) in [5, 5.41) is 6.70. The molecule has 2 aromatic heterocycles. The third-order valence-electron chi connectivity index (χ3n) is 3.14. The summed E-state index contributed by atoms with van der Waals surface area (Å²) in [5.74, 6) is 0. The molecule has 0 saturated heterocycles. The first kappa shape index (κ1) is 15.8. The first-order valence-electron chi connectivity index (χ1n) is 7.20. The van der Waals surface area contributed by atoms with Gasteiger partial charge in [0.2, 0.25) is 4.80 Å². The predicted molar refractivity (Wildman–Crippen MR) is 98.8 cm³/mol. The number of benzene rings is 1. The van der Waals surface area contributed by atoms with Crippen LogP contribution in [0.25, 0.3) is 11.3 Å². The van der Waals surface area contributed by atoms with Crippen LogP contribution in [0.5, 0.6) is 0 Å². The van der Waals surface area contributed by atoms with Crippen LogP contribution in [0.3, 0.4) is 0 Å². The molecule has 0 saturated carbocycles. The highest BCUT2D eigenvalue weighted by atomic mass is 79.9. The summed E-state index contributed by atoms with van der Waals surface area (Å²) in [5.41, 5.74) is 3.05. The number of hydrogen-bond donors (Lipinski definition) is 0. The minimum Gasteiger partial charge on any atom is -0.264 e. The number of pyridine rings is 1. The third-order valence-corrected chi connectivity index (χ3v) is 4.68. The molecule has 0 amide bonds. The Morgan fingerprint density at radius 2 is 2.13 bits per heavy atom. The third kappa shape index (κ3) is 3.65. The molecule has 3 rings (SSSR count). The van der Waals surface area contributed by atoms with Crippen LogP contribution in [0.1, 0.15) is 12.5 Å². The summed E-state index contributed by atoms with van der Waals surface area (Å²) in [4.78, 5) is 9.51. The Morgan fingerprint density at radius 1 is 1.26 bits per heavy atom. The lowest BCUT2D eigenvalue weighted by Gasteiger charge is -2.05. The van der Waals surface area contributed by atoms with Crippen LogP contribution in [0, 0.1) is 0 Å². The molecule has 0 bridgehead atoms. The van der Waals surface area contributed by atoms with Crippen LogP contribution in [-0.4, -0.2) is 22.4 Å². The van der Waals surface area contributed by atoms with E-state index in [0.29, 0.717) is 0 Å². The van der Waals surface area contributed by atoms with E-state index >= 15 is 0 Å². The minimum atomic E-state index is 0.721. The first-order valence-corrected chi connectivity index (χ1v) is 8.87. The molecule has 23 heavy (non-hydrogen) atoms. The second-order valence-electron chi connectivity index (χ2n) is 4.70. The van der Waals surface area contributed by atoms with Gasteiger partial charge in [-0.05, 0) is 19.1 Å². The molecule has 4 nitrogen and oxygen atoms in total. The summed E-state index contributed by atoms with van der Waals surface area (Å²) < 4.78 is 2.91. The maximum absolute atomic E-state index is 4.62. The van der Waals surface area contributed by atoms with Gasteiger partial charge in [0.15, 0.2) is 0 Å². The number of hydrogen-bond acceptors (Lipinski definition) is 4. The van der Waals surface area contributed by atoms with Crippen molar-refractivity contribution in [3.63, 3.8) is 0 Å². The van der Waals surface area contributed by atoms with E-state index in [-0.39, 0.29) is 0 Å². The van der Waals surface area contributed by atoms with Gasteiger partial charge >= 0.3 is 0 Å². The van der Waals surface area contributed by atoms with Gasteiger partial charge < -0.3 is 0 Å². The van der Waals surface area contributed by atoms with Crippen molar-refractivity contribution in [3.8, 4) is 11.3 Å². The lowest BCUT2D eigenvalue weighted by atomic mass is 10.2. The van der Waals surface area contributed by atoms with Crippen molar-refractivity contribution in [3.05, 3.63) is 69.0 Å². The average Bonchev–Trinajstić information content (AvgIpc) is 2.97. The van der Waals surface area contributed by atoms with Crippen molar-refractivity contribution in [1.82, 2.24) is 9.66 Å². The first-order chi connectivity index (χ1) is 11.3. The number of rotatable bonds is 4. The van der Waals surface area contributed by atoms with Crippen molar-refractivity contribution >= 4 is 33.5 Å². The molecule has 0 fully saturated rings. The van der Waals surface area contributed by atoms with E-state index in [9.17, 15) is 0 Å². The molecule has 0 N–H and O–H groups in total. The van der Waals surface area contributed by atoms with Gasteiger partial charge in [-0.25, -0.2) is 4.68 Å². The van der Waals surface area contributed by atoms with Crippen LogP contribution < -0.4 is 4.80 Å². The summed E-state index contributed by atoms with van der Waals surface area (Å²) >= 11 is 5.20. The summed E-state index contributed by atoms with van der Waals surface area (Å²) in [6, 6.07) is 12.0. The van der Waals surface area contributed by atoms with E-state index in [4.69, 9.17) is 0 Å². The Bertz CT molecular complexity index is 881. The second kappa shape index (κ2) is 7.48. The van der Waals surface area contributed by atoms with E-state index in [2.05, 4.69) is 42.5 Å². The van der Waals surface area contributed by atoms with Gasteiger partial charge in [0, 0.05) is 39.9 Å². The largest absolute Gasteiger partial charge is 0.264 e. The van der Waals surface area contributed by atoms with Gasteiger partial charge in [-0.3, -0.25) is 9.98 Å². The fourth-order valence-electron chi connectivity index (χ4n) is 2.09. The van der Waals surface area contributed by atoms with Gasteiger partial charge in [-0.15, -0.1) is 11.3 Å². The highest BCUT2D eigenvalue weighted by Gasteiger charge is 2.09. The maximum Gasteiger partial charge on any atom is 0.206 e. The molecule has 0 spiro atoms. The zero-order valence-electron chi connectivity index (χ0n) is 12.6. The van der Waals surface area contributed by atoms with E-state index in [0.717, 1.165) is 32.6 Å². The van der Waals surface area contributed by atoms with E-state index in [1.165, 1.54) is 0 Å².